The van der Waals surface area contributed by atoms with Crippen LogP contribution in [0.5, 0.6) is 0 Å². The maximum atomic E-state index is 12.3. The molecule has 0 fully saturated rings. The van der Waals surface area contributed by atoms with E-state index in [2.05, 4.69) is 43.5 Å². The van der Waals surface area contributed by atoms with Gasteiger partial charge in [0.25, 0.3) is 0 Å². The van der Waals surface area contributed by atoms with Crippen LogP contribution in [0.1, 0.15) is 181 Å². The van der Waals surface area contributed by atoms with Gasteiger partial charge in [-0.3, -0.25) is 4.79 Å². The summed E-state index contributed by atoms with van der Waals surface area (Å²) in [6.07, 6.45) is 43.7. The molecule has 0 aromatic carbocycles. The molecule has 42 heavy (non-hydrogen) atoms. The summed E-state index contributed by atoms with van der Waals surface area (Å²) < 4.78 is 0. The molecule has 0 bridgehead atoms. The molecule has 246 valence electrons. The topological polar surface area (TPSA) is 69.6 Å². The first-order valence-corrected chi connectivity index (χ1v) is 18.2. The van der Waals surface area contributed by atoms with Gasteiger partial charge in [-0.25, -0.2) is 0 Å². The zero-order valence-corrected chi connectivity index (χ0v) is 28.0. The average Bonchev–Trinajstić information content (AvgIpc) is 2.99. The summed E-state index contributed by atoms with van der Waals surface area (Å²) in [4.78, 5) is 12.3. The van der Waals surface area contributed by atoms with Crippen LogP contribution in [0, 0.1) is 0 Å². The lowest BCUT2D eigenvalue weighted by atomic mass is 10.1. The van der Waals surface area contributed by atoms with E-state index < -0.39 is 12.1 Å². The maximum absolute atomic E-state index is 12.3. The van der Waals surface area contributed by atoms with Crippen molar-refractivity contribution in [2.45, 2.75) is 193 Å². The molecule has 0 heterocycles. The van der Waals surface area contributed by atoms with Crippen LogP contribution in [-0.2, 0) is 4.79 Å². The van der Waals surface area contributed by atoms with Crippen LogP contribution in [-0.4, -0.2) is 34.9 Å². The van der Waals surface area contributed by atoms with E-state index in [4.69, 9.17) is 0 Å². The molecule has 2 unspecified atom stereocenters. The lowest BCUT2D eigenvalue weighted by Gasteiger charge is -2.19. The summed E-state index contributed by atoms with van der Waals surface area (Å²) in [6.45, 7) is 4.26. The summed E-state index contributed by atoms with van der Waals surface area (Å²) in [5.74, 6) is -0.0853. The van der Waals surface area contributed by atoms with Crippen molar-refractivity contribution in [3.63, 3.8) is 0 Å². The largest absolute Gasteiger partial charge is 0.394 e. The molecule has 0 rings (SSSR count). The monoisotopic (exact) mass is 590 g/mol. The molecule has 0 aliphatic heterocycles. The summed E-state index contributed by atoms with van der Waals surface area (Å²) >= 11 is 0. The number of unbranched alkanes of at least 4 members (excludes halogenated alkanes) is 21. The third-order valence-electron chi connectivity index (χ3n) is 8.10. The van der Waals surface area contributed by atoms with Crippen molar-refractivity contribution in [3.8, 4) is 0 Å². The Bertz CT molecular complexity index is 642. The molecule has 0 radical (unpaired) electrons. The minimum atomic E-state index is -0.862. The van der Waals surface area contributed by atoms with Crippen molar-refractivity contribution in [2.75, 3.05) is 6.61 Å². The molecule has 1 amide bonds. The first-order valence-electron chi connectivity index (χ1n) is 18.2. The lowest BCUT2D eigenvalue weighted by Crippen LogP contribution is -2.45. The van der Waals surface area contributed by atoms with E-state index in [9.17, 15) is 15.0 Å². The van der Waals surface area contributed by atoms with Crippen LogP contribution in [0.4, 0.5) is 0 Å². The number of aliphatic hydroxyl groups is 2. The number of carbonyl (C=O) groups excluding carboxylic acids is 1. The molecule has 4 nitrogen and oxygen atoms in total. The number of amides is 1. The first kappa shape index (κ1) is 40.6. The van der Waals surface area contributed by atoms with Gasteiger partial charge in [-0.05, 0) is 57.8 Å². The number of aliphatic hydroxyl groups excluding tert-OH is 2. The van der Waals surface area contributed by atoms with Gasteiger partial charge >= 0.3 is 0 Å². The molecular formula is C38H71NO3. The minimum absolute atomic E-state index is 0.0853. The van der Waals surface area contributed by atoms with Gasteiger partial charge in [-0.15, -0.1) is 0 Å². The van der Waals surface area contributed by atoms with Crippen LogP contribution in [0.25, 0.3) is 0 Å². The fourth-order valence-electron chi connectivity index (χ4n) is 5.25. The molecule has 0 aliphatic carbocycles. The first-order chi connectivity index (χ1) is 20.7. The second kappa shape index (κ2) is 34.1. The standard InChI is InChI=1S/C38H71NO3/c1-3-5-7-9-11-13-15-17-18-19-20-22-23-25-27-29-31-33-37(41)36(35-40)39-38(42)34-32-30-28-26-24-21-16-14-12-10-8-6-4-2/h14,16,23,25,31,33,36-37,40-41H,3-13,15,17-22,24,26-30,32,34-35H2,1-2H3,(H,39,42)/b16-14-,25-23+,33-31+. The Morgan fingerprint density at radius 2 is 0.929 bits per heavy atom. The highest BCUT2D eigenvalue weighted by molar-refractivity contribution is 5.76. The van der Waals surface area contributed by atoms with Crippen molar-refractivity contribution < 1.29 is 15.0 Å². The molecule has 3 N–H and O–H groups in total. The van der Waals surface area contributed by atoms with E-state index in [1.165, 1.54) is 116 Å². The van der Waals surface area contributed by atoms with Gasteiger partial charge in [0.1, 0.15) is 0 Å². The summed E-state index contributed by atoms with van der Waals surface area (Å²) in [7, 11) is 0. The normalized spacial score (nSPS) is 13.5. The summed E-state index contributed by atoms with van der Waals surface area (Å²) in [5.41, 5.74) is 0. The second-order valence-electron chi connectivity index (χ2n) is 12.3. The third-order valence-corrected chi connectivity index (χ3v) is 8.10. The predicted octanol–water partition coefficient (Wildman–Crippen LogP) is 10.7. The van der Waals surface area contributed by atoms with E-state index in [0.29, 0.717) is 6.42 Å². The van der Waals surface area contributed by atoms with Gasteiger partial charge in [0.15, 0.2) is 0 Å². The number of hydrogen-bond donors (Lipinski definition) is 3. The van der Waals surface area contributed by atoms with Crippen molar-refractivity contribution >= 4 is 5.91 Å². The van der Waals surface area contributed by atoms with Gasteiger partial charge in [0, 0.05) is 6.42 Å². The average molecular weight is 590 g/mol. The van der Waals surface area contributed by atoms with Crippen LogP contribution < -0.4 is 5.32 Å². The molecule has 0 saturated carbocycles. The van der Waals surface area contributed by atoms with Gasteiger partial charge in [-0.2, -0.15) is 0 Å². The van der Waals surface area contributed by atoms with Crippen molar-refractivity contribution in [2.24, 2.45) is 0 Å². The highest BCUT2D eigenvalue weighted by Crippen LogP contribution is 2.13. The van der Waals surface area contributed by atoms with E-state index in [-0.39, 0.29) is 12.5 Å². The Labute approximate surface area is 261 Å². The van der Waals surface area contributed by atoms with E-state index in [1.54, 1.807) is 6.08 Å². The van der Waals surface area contributed by atoms with Crippen molar-refractivity contribution in [3.05, 3.63) is 36.5 Å². The summed E-state index contributed by atoms with van der Waals surface area (Å²) in [5, 5.41) is 22.8. The molecule has 0 saturated heterocycles. The Kier molecular flexibility index (Phi) is 33.0. The Morgan fingerprint density at radius 3 is 1.40 bits per heavy atom. The quantitative estimate of drug-likeness (QED) is 0.0540. The molecule has 0 aromatic rings. The molecule has 2 atom stereocenters. The number of allylic oxidation sites excluding steroid dienone is 5. The summed E-state index contributed by atoms with van der Waals surface area (Å²) in [6, 6.07) is -0.640. The zero-order chi connectivity index (χ0) is 30.8. The fourth-order valence-corrected chi connectivity index (χ4v) is 5.25. The van der Waals surface area contributed by atoms with Crippen molar-refractivity contribution in [1.82, 2.24) is 5.32 Å². The number of hydrogen-bond acceptors (Lipinski definition) is 3. The maximum Gasteiger partial charge on any atom is 0.220 e. The number of nitrogens with one attached hydrogen (secondary N) is 1. The van der Waals surface area contributed by atoms with Gasteiger partial charge in [0.2, 0.25) is 5.91 Å². The molecular weight excluding hydrogens is 518 g/mol. The van der Waals surface area contributed by atoms with Crippen LogP contribution in [0.15, 0.2) is 36.5 Å². The second-order valence-corrected chi connectivity index (χ2v) is 12.3. The Hall–Kier alpha value is -1.39. The molecule has 0 spiro atoms. The Morgan fingerprint density at radius 1 is 0.548 bits per heavy atom. The SMILES string of the molecule is CCCCCC/C=C\CCCCCCCC(=O)NC(CO)C(O)/C=C/CC/C=C/CCCCCCCCCCCCC. The number of carbonyl (C=O) groups is 1. The minimum Gasteiger partial charge on any atom is -0.394 e. The number of rotatable bonds is 32. The lowest BCUT2D eigenvalue weighted by molar-refractivity contribution is -0.123. The van der Waals surface area contributed by atoms with Crippen LogP contribution in [0.2, 0.25) is 0 Å². The van der Waals surface area contributed by atoms with E-state index >= 15 is 0 Å². The zero-order valence-electron chi connectivity index (χ0n) is 28.0. The van der Waals surface area contributed by atoms with E-state index in [1.807, 2.05) is 6.08 Å². The molecule has 0 aliphatic rings. The van der Waals surface area contributed by atoms with Gasteiger partial charge < -0.3 is 15.5 Å². The van der Waals surface area contributed by atoms with Gasteiger partial charge in [-0.1, -0.05) is 153 Å². The van der Waals surface area contributed by atoms with Gasteiger partial charge in [0.05, 0.1) is 18.8 Å². The third kappa shape index (κ3) is 30.1. The highest BCUT2D eigenvalue weighted by atomic mass is 16.3. The van der Waals surface area contributed by atoms with Crippen LogP contribution in [0.3, 0.4) is 0 Å². The molecule has 0 aromatic heterocycles. The van der Waals surface area contributed by atoms with Crippen LogP contribution >= 0.6 is 0 Å². The fraction of sp³-hybridized carbons (Fsp3) is 0.816. The van der Waals surface area contributed by atoms with Crippen molar-refractivity contribution in [1.29, 1.82) is 0 Å². The smallest absolute Gasteiger partial charge is 0.220 e. The predicted molar refractivity (Wildman–Crippen MR) is 184 cm³/mol. The van der Waals surface area contributed by atoms with E-state index in [0.717, 1.165) is 44.9 Å². The Balaban J connectivity index is 3.69. The molecule has 4 heteroatoms. The highest BCUT2D eigenvalue weighted by Gasteiger charge is 2.17.